The zero-order valence-electron chi connectivity index (χ0n) is 27.9. The molecule has 0 fully saturated rings. The van der Waals surface area contributed by atoms with Crippen molar-refractivity contribution in [2.24, 2.45) is 0 Å². The Labute approximate surface area is 282 Å². The number of hydrogen-bond donors (Lipinski definition) is 0. The summed E-state index contributed by atoms with van der Waals surface area (Å²) < 4.78 is 0. The minimum absolute atomic E-state index is 0.0623. The van der Waals surface area contributed by atoms with Gasteiger partial charge in [-0.1, -0.05) is 123 Å². The second-order valence-corrected chi connectivity index (χ2v) is 13.9. The van der Waals surface area contributed by atoms with E-state index in [9.17, 15) is 0 Å². The molecule has 0 heterocycles. The molecule has 0 N–H and O–H groups in total. The zero-order valence-corrected chi connectivity index (χ0v) is 27.9. The summed E-state index contributed by atoms with van der Waals surface area (Å²) in [4.78, 5) is 2.41. The lowest BCUT2D eigenvalue weighted by Gasteiger charge is -2.28. The maximum Gasteiger partial charge on any atom is 0.0465 e. The minimum Gasteiger partial charge on any atom is -0.310 e. The van der Waals surface area contributed by atoms with Gasteiger partial charge in [-0.05, 0) is 133 Å². The van der Waals surface area contributed by atoms with Gasteiger partial charge in [0.2, 0.25) is 0 Å². The highest BCUT2D eigenvalue weighted by atomic mass is 15.1. The van der Waals surface area contributed by atoms with Crippen LogP contribution >= 0.6 is 0 Å². The molecule has 0 spiro atoms. The van der Waals surface area contributed by atoms with Crippen molar-refractivity contribution >= 4 is 49.4 Å². The van der Waals surface area contributed by atoms with Gasteiger partial charge in [0, 0.05) is 22.5 Å². The second-order valence-electron chi connectivity index (χ2n) is 13.9. The molecule has 0 bridgehead atoms. The van der Waals surface area contributed by atoms with E-state index < -0.39 is 0 Å². The zero-order chi connectivity index (χ0) is 32.6. The van der Waals surface area contributed by atoms with Crippen LogP contribution in [0.2, 0.25) is 0 Å². The summed E-state index contributed by atoms with van der Waals surface area (Å²) in [5.74, 6) is 0. The average molecular weight is 616 g/mol. The molecule has 0 aliphatic heterocycles. The van der Waals surface area contributed by atoms with E-state index in [2.05, 4.69) is 184 Å². The van der Waals surface area contributed by atoms with Crippen LogP contribution in [0.1, 0.15) is 36.1 Å². The number of anilines is 3. The van der Waals surface area contributed by atoms with Crippen molar-refractivity contribution in [2.45, 2.75) is 33.1 Å². The third-order valence-electron chi connectivity index (χ3n) is 10.6. The molecule has 8 aromatic carbocycles. The Kier molecular flexibility index (Phi) is 6.36. The standard InChI is InChI=1S/C47H37N/c1-30-12-11-13-34(26-30)48(35-24-25-41-40-18-9-10-19-45(40)47(3,4)46(41)28-35)33-22-20-32(21-23-33)42-29-44-39-17-8-6-15-37(39)36-14-5-7-16-38(36)43(44)27-31(42)2/h5-29H,1-4H3. The van der Waals surface area contributed by atoms with Crippen LogP contribution in [0.15, 0.2) is 152 Å². The van der Waals surface area contributed by atoms with Crippen molar-refractivity contribution in [3.8, 4) is 22.3 Å². The van der Waals surface area contributed by atoms with Crippen molar-refractivity contribution in [1.29, 1.82) is 0 Å². The summed E-state index contributed by atoms with van der Waals surface area (Å²) in [6.45, 7) is 9.12. The van der Waals surface area contributed by atoms with Gasteiger partial charge in [0.1, 0.15) is 0 Å². The lowest BCUT2D eigenvalue weighted by atomic mass is 9.82. The maximum atomic E-state index is 2.41. The highest BCUT2D eigenvalue weighted by molar-refractivity contribution is 6.26. The van der Waals surface area contributed by atoms with E-state index in [1.165, 1.54) is 82.5 Å². The minimum atomic E-state index is -0.0623. The molecule has 8 aromatic rings. The summed E-state index contributed by atoms with van der Waals surface area (Å²) in [6, 6.07) is 56.3. The number of nitrogens with zero attached hydrogens (tertiary/aromatic N) is 1. The lowest BCUT2D eigenvalue weighted by Crippen LogP contribution is -2.16. The van der Waals surface area contributed by atoms with E-state index in [0.29, 0.717) is 0 Å². The molecule has 9 rings (SSSR count). The van der Waals surface area contributed by atoms with E-state index in [0.717, 1.165) is 11.4 Å². The van der Waals surface area contributed by atoms with Gasteiger partial charge in [-0.15, -0.1) is 0 Å². The van der Waals surface area contributed by atoms with Gasteiger partial charge in [-0.2, -0.15) is 0 Å². The molecule has 48 heavy (non-hydrogen) atoms. The molecule has 1 aliphatic carbocycles. The third-order valence-corrected chi connectivity index (χ3v) is 10.6. The summed E-state index contributed by atoms with van der Waals surface area (Å²) >= 11 is 0. The molecule has 1 heteroatoms. The highest BCUT2D eigenvalue weighted by Crippen LogP contribution is 2.50. The van der Waals surface area contributed by atoms with Gasteiger partial charge < -0.3 is 4.90 Å². The van der Waals surface area contributed by atoms with Crippen LogP contribution in [-0.4, -0.2) is 0 Å². The van der Waals surface area contributed by atoms with Crippen molar-refractivity contribution in [1.82, 2.24) is 0 Å². The van der Waals surface area contributed by atoms with Crippen molar-refractivity contribution in [3.05, 3.63) is 174 Å². The average Bonchev–Trinajstić information content (AvgIpc) is 3.34. The number of aryl methyl sites for hydroxylation is 2. The highest BCUT2D eigenvalue weighted by Gasteiger charge is 2.35. The SMILES string of the molecule is Cc1cccc(N(c2ccc(-c3cc4c5ccccc5c5ccccc5c4cc3C)cc2)c2ccc3c(c2)C(C)(C)c2ccccc2-3)c1. The Morgan fingerprint density at radius 2 is 0.958 bits per heavy atom. The first kappa shape index (κ1) is 28.6. The quantitative estimate of drug-likeness (QED) is 0.178. The molecule has 230 valence electrons. The van der Waals surface area contributed by atoms with Crippen molar-refractivity contribution < 1.29 is 0 Å². The molecular weight excluding hydrogens is 579 g/mol. The Balaban J connectivity index is 1.18. The first-order valence-electron chi connectivity index (χ1n) is 16.9. The fourth-order valence-electron chi connectivity index (χ4n) is 8.21. The van der Waals surface area contributed by atoms with Gasteiger partial charge >= 0.3 is 0 Å². The number of hydrogen-bond acceptors (Lipinski definition) is 1. The van der Waals surface area contributed by atoms with E-state index in [1.807, 2.05) is 0 Å². The Bertz CT molecular complexity index is 2550. The third kappa shape index (κ3) is 4.31. The molecule has 0 saturated heterocycles. The van der Waals surface area contributed by atoms with Crippen LogP contribution in [0.5, 0.6) is 0 Å². The Hall–Kier alpha value is -5.66. The van der Waals surface area contributed by atoms with E-state index in [-0.39, 0.29) is 5.41 Å². The van der Waals surface area contributed by atoms with Crippen LogP contribution < -0.4 is 4.90 Å². The van der Waals surface area contributed by atoms with Gasteiger partial charge in [-0.3, -0.25) is 0 Å². The number of benzene rings is 8. The van der Waals surface area contributed by atoms with E-state index in [1.54, 1.807) is 0 Å². The summed E-state index contributed by atoms with van der Waals surface area (Å²) in [5.41, 5.74) is 13.9. The molecule has 1 nitrogen and oxygen atoms in total. The van der Waals surface area contributed by atoms with Crippen LogP contribution in [0.25, 0.3) is 54.6 Å². The van der Waals surface area contributed by atoms with E-state index >= 15 is 0 Å². The second kappa shape index (κ2) is 10.7. The largest absolute Gasteiger partial charge is 0.310 e. The van der Waals surface area contributed by atoms with Crippen LogP contribution in [0.4, 0.5) is 17.1 Å². The van der Waals surface area contributed by atoms with Gasteiger partial charge in [0.15, 0.2) is 0 Å². The molecule has 0 aromatic heterocycles. The topological polar surface area (TPSA) is 3.24 Å². The first-order valence-corrected chi connectivity index (χ1v) is 16.9. The summed E-state index contributed by atoms with van der Waals surface area (Å²) in [7, 11) is 0. The fraction of sp³-hybridized carbons (Fsp3) is 0.106. The van der Waals surface area contributed by atoms with Crippen LogP contribution in [0, 0.1) is 13.8 Å². The smallest absolute Gasteiger partial charge is 0.0465 e. The number of rotatable bonds is 4. The molecule has 0 unspecified atom stereocenters. The molecule has 0 radical (unpaired) electrons. The van der Waals surface area contributed by atoms with Crippen LogP contribution in [-0.2, 0) is 5.41 Å². The molecular formula is C47H37N. The molecule has 1 aliphatic rings. The maximum absolute atomic E-state index is 2.41. The molecule has 0 atom stereocenters. The van der Waals surface area contributed by atoms with Gasteiger partial charge in [0.25, 0.3) is 0 Å². The predicted octanol–water partition coefficient (Wildman–Crippen LogP) is 13.2. The van der Waals surface area contributed by atoms with Crippen LogP contribution in [0.3, 0.4) is 0 Å². The number of fused-ring (bicyclic) bond motifs is 9. The monoisotopic (exact) mass is 615 g/mol. The van der Waals surface area contributed by atoms with Gasteiger partial charge in [0.05, 0.1) is 0 Å². The fourth-order valence-corrected chi connectivity index (χ4v) is 8.21. The summed E-state index contributed by atoms with van der Waals surface area (Å²) in [6.07, 6.45) is 0. The lowest BCUT2D eigenvalue weighted by molar-refractivity contribution is 0.660. The Morgan fingerprint density at radius 3 is 1.65 bits per heavy atom. The molecule has 0 amide bonds. The summed E-state index contributed by atoms with van der Waals surface area (Å²) in [5, 5.41) is 7.85. The van der Waals surface area contributed by atoms with Crippen molar-refractivity contribution in [3.63, 3.8) is 0 Å². The Morgan fingerprint density at radius 1 is 0.396 bits per heavy atom. The molecule has 0 saturated carbocycles. The first-order chi connectivity index (χ1) is 23.4. The predicted molar refractivity (Wildman–Crippen MR) is 206 cm³/mol. The van der Waals surface area contributed by atoms with Gasteiger partial charge in [-0.25, -0.2) is 0 Å². The van der Waals surface area contributed by atoms with Crippen molar-refractivity contribution in [2.75, 3.05) is 4.90 Å². The normalized spacial score (nSPS) is 13.2. The van der Waals surface area contributed by atoms with E-state index in [4.69, 9.17) is 0 Å².